The summed E-state index contributed by atoms with van der Waals surface area (Å²) in [6.07, 6.45) is 0. The Kier molecular flexibility index (Phi) is 17.3. The van der Waals surface area contributed by atoms with Crippen LogP contribution in [0.3, 0.4) is 0 Å². The molecule has 0 N–H and O–H groups in total. The van der Waals surface area contributed by atoms with Crippen molar-refractivity contribution in [3.05, 3.63) is 152 Å². The number of rotatable bonds is 8. The first-order chi connectivity index (χ1) is 20.4. The summed E-state index contributed by atoms with van der Waals surface area (Å²) in [5, 5.41) is 9.66. The molecular formula is C40H52N2OZr. The maximum absolute atomic E-state index is 5.82. The van der Waals surface area contributed by atoms with Crippen molar-refractivity contribution in [1.29, 1.82) is 0 Å². The van der Waals surface area contributed by atoms with Gasteiger partial charge in [0.15, 0.2) is 0 Å². The Bertz CT molecular complexity index is 1280. The first-order valence-corrected chi connectivity index (χ1v) is 15.2. The summed E-state index contributed by atoms with van der Waals surface area (Å²) in [6, 6.07) is 19.7. The molecule has 4 aromatic carbocycles. The predicted octanol–water partition coefficient (Wildman–Crippen LogP) is 11.2. The van der Waals surface area contributed by atoms with E-state index in [1.165, 1.54) is 55.6 Å². The Balaban J connectivity index is 0.000000523. The van der Waals surface area contributed by atoms with Gasteiger partial charge in [0, 0.05) is 13.2 Å². The van der Waals surface area contributed by atoms with Gasteiger partial charge in [-0.15, -0.1) is 48.7 Å². The van der Waals surface area contributed by atoms with Gasteiger partial charge in [-0.25, -0.2) is 0 Å². The van der Waals surface area contributed by atoms with E-state index in [4.69, 9.17) is 15.4 Å². The standard InChI is InChI=1S/C26H38N2O.2C7H7.Zr/c1-15-17(3)21(7)25(22(8)18(15)4)27-11-13-29-14-12-28-26-23(9)19(5)16(2)20(6)24(26)10;2*1-7-5-3-2-4-6-7;/h11-14H2,1-10H3;2*2-6H,1H2;/q-2;2*-1;+4. The van der Waals surface area contributed by atoms with Crippen LogP contribution in [0.25, 0.3) is 10.6 Å². The first-order valence-electron chi connectivity index (χ1n) is 15.2. The zero-order valence-corrected chi connectivity index (χ0v) is 31.3. The number of benzene rings is 4. The van der Waals surface area contributed by atoms with Gasteiger partial charge in [0.25, 0.3) is 0 Å². The molecule has 0 spiro atoms. The molecule has 3 nitrogen and oxygen atoms in total. The van der Waals surface area contributed by atoms with Gasteiger partial charge >= 0.3 is 26.2 Å². The van der Waals surface area contributed by atoms with Crippen molar-refractivity contribution in [3.63, 3.8) is 0 Å². The van der Waals surface area contributed by atoms with Crippen molar-refractivity contribution in [1.82, 2.24) is 0 Å². The minimum absolute atomic E-state index is 0. The van der Waals surface area contributed by atoms with E-state index < -0.39 is 0 Å². The van der Waals surface area contributed by atoms with E-state index in [1.54, 1.807) is 0 Å². The van der Waals surface area contributed by atoms with Gasteiger partial charge < -0.3 is 15.4 Å². The van der Waals surface area contributed by atoms with E-state index in [-0.39, 0.29) is 26.2 Å². The van der Waals surface area contributed by atoms with E-state index in [0.29, 0.717) is 26.3 Å². The van der Waals surface area contributed by atoms with Crippen LogP contribution in [0.2, 0.25) is 0 Å². The molecule has 0 saturated heterocycles. The van der Waals surface area contributed by atoms with Crippen molar-refractivity contribution in [3.8, 4) is 0 Å². The molecule has 0 heterocycles. The second-order valence-electron chi connectivity index (χ2n) is 11.3. The molecule has 0 aromatic heterocycles. The van der Waals surface area contributed by atoms with Crippen molar-refractivity contribution >= 4 is 11.4 Å². The molecule has 44 heavy (non-hydrogen) atoms. The van der Waals surface area contributed by atoms with E-state index in [1.807, 2.05) is 60.7 Å². The molecule has 0 aliphatic carbocycles. The SMILES string of the molecule is Cc1c(C)c(C)c([N-]CCOCC[N-]c2c(C)c(C)c(C)c(C)c2C)c(C)c1C.[CH2-]c1ccccc1.[CH2-]c1ccccc1.[Zr+4]. The number of hydrogen-bond acceptors (Lipinski definition) is 1. The second kappa shape index (κ2) is 19.5. The van der Waals surface area contributed by atoms with Crippen LogP contribution < -0.4 is 0 Å². The quantitative estimate of drug-likeness (QED) is 0.136. The molecule has 0 bridgehead atoms. The minimum atomic E-state index is 0. The van der Waals surface area contributed by atoms with E-state index in [9.17, 15) is 0 Å². The summed E-state index contributed by atoms with van der Waals surface area (Å²) in [5.74, 6) is 0. The van der Waals surface area contributed by atoms with Crippen LogP contribution in [0.15, 0.2) is 60.7 Å². The van der Waals surface area contributed by atoms with Crippen LogP contribution in [0, 0.1) is 83.1 Å². The van der Waals surface area contributed by atoms with Gasteiger partial charge in [0.1, 0.15) is 0 Å². The molecule has 0 aliphatic rings. The normalized spacial score (nSPS) is 10.0. The Labute approximate surface area is 288 Å². The van der Waals surface area contributed by atoms with Crippen LogP contribution in [-0.2, 0) is 30.9 Å². The topological polar surface area (TPSA) is 37.4 Å². The number of nitrogens with zero attached hydrogens (tertiary/aromatic N) is 2. The summed E-state index contributed by atoms with van der Waals surface area (Å²) in [5.41, 5.74) is 17.7. The van der Waals surface area contributed by atoms with Crippen LogP contribution >= 0.6 is 0 Å². The van der Waals surface area contributed by atoms with Gasteiger partial charge in [-0.2, -0.15) is 49.2 Å². The maximum Gasteiger partial charge on any atom is 4.00 e. The van der Waals surface area contributed by atoms with E-state index >= 15 is 0 Å². The molecule has 0 amide bonds. The predicted molar refractivity (Wildman–Crippen MR) is 189 cm³/mol. The molecule has 0 aliphatic heterocycles. The fourth-order valence-corrected chi connectivity index (χ4v) is 4.94. The smallest absolute Gasteiger partial charge is 0.682 e. The van der Waals surface area contributed by atoms with E-state index in [0.717, 1.165) is 22.5 Å². The van der Waals surface area contributed by atoms with Crippen molar-refractivity contribution < 1.29 is 30.9 Å². The average Bonchev–Trinajstić information content (AvgIpc) is 3.01. The van der Waals surface area contributed by atoms with E-state index in [2.05, 4.69) is 83.1 Å². The summed E-state index contributed by atoms with van der Waals surface area (Å²) in [6.45, 7) is 31.9. The van der Waals surface area contributed by atoms with Gasteiger partial charge in [-0.05, 0) is 103 Å². The molecule has 0 radical (unpaired) electrons. The molecule has 0 atom stereocenters. The number of ether oxygens (including phenoxy) is 1. The summed E-state index contributed by atoms with van der Waals surface area (Å²) in [4.78, 5) is 0. The molecule has 0 fully saturated rings. The summed E-state index contributed by atoms with van der Waals surface area (Å²) in [7, 11) is 0. The third kappa shape index (κ3) is 11.2. The molecule has 0 saturated carbocycles. The minimum Gasteiger partial charge on any atom is -0.682 e. The van der Waals surface area contributed by atoms with Crippen LogP contribution in [-0.4, -0.2) is 26.3 Å². The zero-order valence-electron chi connectivity index (χ0n) is 28.8. The first kappa shape index (κ1) is 39.1. The Hall–Kier alpha value is -2.94. The largest absolute Gasteiger partial charge is 4.00 e. The monoisotopic (exact) mass is 666 g/mol. The third-order valence-electron chi connectivity index (χ3n) is 8.62. The number of hydrogen-bond donors (Lipinski definition) is 0. The molecule has 4 aromatic rings. The van der Waals surface area contributed by atoms with Gasteiger partial charge in [-0.3, -0.25) is 0 Å². The fourth-order valence-electron chi connectivity index (χ4n) is 4.94. The molecule has 232 valence electrons. The zero-order chi connectivity index (χ0) is 32.1. The van der Waals surface area contributed by atoms with Crippen LogP contribution in [0.5, 0.6) is 0 Å². The van der Waals surface area contributed by atoms with Gasteiger partial charge in [0.05, 0.1) is 0 Å². The average molecular weight is 668 g/mol. The van der Waals surface area contributed by atoms with Gasteiger partial charge in [-0.1, -0.05) is 34.4 Å². The van der Waals surface area contributed by atoms with Crippen LogP contribution in [0.4, 0.5) is 11.4 Å². The van der Waals surface area contributed by atoms with Gasteiger partial charge in [0.2, 0.25) is 0 Å². The van der Waals surface area contributed by atoms with Crippen molar-refractivity contribution in [2.24, 2.45) is 0 Å². The maximum atomic E-state index is 5.82. The molecule has 0 unspecified atom stereocenters. The fraction of sp³-hybridized carbons (Fsp3) is 0.350. The molecule has 4 heteroatoms. The summed E-state index contributed by atoms with van der Waals surface area (Å²) >= 11 is 0. The Morgan fingerprint density at radius 1 is 0.432 bits per heavy atom. The summed E-state index contributed by atoms with van der Waals surface area (Å²) < 4.78 is 5.82. The van der Waals surface area contributed by atoms with Crippen molar-refractivity contribution in [2.45, 2.75) is 69.2 Å². The van der Waals surface area contributed by atoms with Crippen molar-refractivity contribution in [2.75, 3.05) is 26.3 Å². The molecular weight excluding hydrogens is 616 g/mol. The van der Waals surface area contributed by atoms with Crippen LogP contribution in [0.1, 0.15) is 66.8 Å². The second-order valence-corrected chi connectivity index (χ2v) is 11.3. The Morgan fingerprint density at radius 2 is 0.682 bits per heavy atom. The third-order valence-corrected chi connectivity index (χ3v) is 8.62. The molecule has 4 rings (SSSR count). The Morgan fingerprint density at radius 3 is 0.909 bits per heavy atom.